The third-order valence-electron chi connectivity index (χ3n) is 5.18. The maximum absolute atomic E-state index is 14.2. The predicted molar refractivity (Wildman–Crippen MR) is 113 cm³/mol. The number of carbonyl (C=O) groups excluding carboxylic acids is 1. The predicted octanol–water partition coefficient (Wildman–Crippen LogP) is 2.57. The molecule has 5 N–H and O–H groups in total. The Labute approximate surface area is 179 Å². The number of carbonyl (C=O) groups is 1. The lowest BCUT2D eigenvalue weighted by Crippen LogP contribution is -2.34. The SMILES string of the molecule is NCc1c(F)cccc1N(C(N)=O)c1ccc(Cl)c([C@@H]2CCCN([SH](=O)=O)C2)c1O. The van der Waals surface area contributed by atoms with Gasteiger partial charge < -0.3 is 16.6 Å². The van der Waals surface area contributed by atoms with Crippen LogP contribution in [0, 0.1) is 5.82 Å². The molecule has 0 bridgehead atoms. The fraction of sp³-hybridized carbons (Fsp3) is 0.316. The number of phenolic OH excluding ortho intramolecular Hbond substituents is 1. The van der Waals surface area contributed by atoms with E-state index in [0.29, 0.717) is 24.9 Å². The van der Waals surface area contributed by atoms with Crippen molar-refractivity contribution in [3.8, 4) is 5.75 Å². The lowest BCUT2D eigenvalue weighted by Gasteiger charge is -2.31. The summed E-state index contributed by atoms with van der Waals surface area (Å²) in [5, 5.41) is 11.3. The van der Waals surface area contributed by atoms with Gasteiger partial charge in [0.05, 0.1) is 11.4 Å². The summed E-state index contributed by atoms with van der Waals surface area (Å²) in [7, 11) is -2.76. The number of nitrogens with two attached hydrogens (primary N) is 2. The molecular weight excluding hydrogens is 435 g/mol. The molecule has 1 fully saturated rings. The molecule has 0 aliphatic carbocycles. The maximum atomic E-state index is 14.2. The van der Waals surface area contributed by atoms with Gasteiger partial charge in [0.2, 0.25) is 10.9 Å². The molecule has 11 heteroatoms. The minimum atomic E-state index is -2.76. The first-order valence-electron chi connectivity index (χ1n) is 9.23. The first-order chi connectivity index (χ1) is 14.3. The van der Waals surface area contributed by atoms with Crippen LogP contribution in [-0.2, 0) is 17.4 Å². The van der Waals surface area contributed by atoms with Gasteiger partial charge in [-0.05, 0) is 37.1 Å². The van der Waals surface area contributed by atoms with E-state index in [2.05, 4.69) is 0 Å². The zero-order valence-electron chi connectivity index (χ0n) is 15.9. The average molecular weight is 457 g/mol. The highest BCUT2D eigenvalue weighted by Gasteiger charge is 2.30. The molecule has 2 aromatic rings. The number of hydrogen-bond acceptors (Lipinski definition) is 5. The van der Waals surface area contributed by atoms with Gasteiger partial charge in [-0.2, -0.15) is 0 Å². The summed E-state index contributed by atoms with van der Waals surface area (Å²) in [4.78, 5) is 13.3. The van der Waals surface area contributed by atoms with Crippen molar-refractivity contribution in [3.05, 3.63) is 52.3 Å². The van der Waals surface area contributed by atoms with Gasteiger partial charge in [-0.3, -0.25) is 4.90 Å². The molecule has 0 unspecified atom stereocenters. The Balaban J connectivity index is 2.13. The smallest absolute Gasteiger partial charge is 0.324 e. The number of benzene rings is 2. The number of phenols is 1. The number of rotatable bonds is 5. The van der Waals surface area contributed by atoms with Gasteiger partial charge in [0, 0.05) is 41.7 Å². The summed E-state index contributed by atoms with van der Waals surface area (Å²) < 4.78 is 38.3. The molecule has 0 radical (unpaired) electrons. The fourth-order valence-corrected chi connectivity index (χ4v) is 4.75. The molecule has 0 aromatic heterocycles. The fourth-order valence-electron chi connectivity index (χ4n) is 3.81. The number of aromatic hydroxyl groups is 1. The molecule has 1 aliphatic heterocycles. The van der Waals surface area contributed by atoms with Crippen molar-refractivity contribution in [2.75, 3.05) is 18.0 Å². The van der Waals surface area contributed by atoms with Crippen LogP contribution in [0.4, 0.5) is 20.6 Å². The monoisotopic (exact) mass is 456 g/mol. The zero-order chi connectivity index (χ0) is 22.0. The van der Waals surface area contributed by atoms with Gasteiger partial charge in [-0.15, -0.1) is 0 Å². The summed E-state index contributed by atoms with van der Waals surface area (Å²) in [5.74, 6) is -1.31. The Morgan fingerprint density at radius 3 is 2.67 bits per heavy atom. The molecule has 0 saturated carbocycles. The molecule has 1 saturated heterocycles. The molecule has 30 heavy (non-hydrogen) atoms. The van der Waals surface area contributed by atoms with Crippen LogP contribution in [0.5, 0.6) is 5.75 Å². The summed E-state index contributed by atoms with van der Waals surface area (Å²) in [6.07, 6.45) is 1.19. The van der Waals surface area contributed by atoms with Crippen LogP contribution in [0.15, 0.2) is 30.3 Å². The Hall–Kier alpha value is -2.40. The van der Waals surface area contributed by atoms with E-state index in [1.807, 2.05) is 0 Å². The lowest BCUT2D eigenvalue weighted by atomic mass is 9.90. The number of halogens is 2. The normalized spacial score (nSPS) is 17.3. The second-order valence-electron chi connectivity index (χ2n) is 6.93. The molecule has 2 amide bonds. The van der Waals surface area contributed by atoms with Crippen molar-refractivity contribution in [1.82, 2.24) is 4.31 Å². The number of piperidine rings is 1. The lowest BCUT2D eigenvalue weighted by molar-refractivity contribution is 0.256. The van der Waals surface area contributed by atoms with Crippen molar-refractivity contribution in [3.63, 3.8) is 0 Å². The second kappa shape index (κ2) is 9.17. The largest absolute Gasteiger partial charge is 0.505 e. The highest BCUT2D eigenvalue weighted by Crippen LogP contribution is 2.45. The van der Waals surface area contributed by atoms with Crippen LogP contribution in [0.1, 0.15) is 29.9 Å². The number of amides is 2. The van der Waals surface area contributed by atoms with E-state index in [0.717, 1.165) is 4.90 Å². The van der Waals surface area contributed by atoms with Gasteiger partial charge in [0.25, 0.3) is 0 Å². The third-order valence-corrected chi connectivity index (χ3v) is 6.34. The Kier molecular flexibility index (Phi) is 6.81. The van der Waals surface area contributed by atoms with Crippen LogP contribution in [0.3, 0.4) is 0 Å². The maximum Gasteiger partial charge on any atom is 0.324 e. The Bertz CT molecular complexity index is 1040. The number of primary amides is 1. The molecule has 162 valence electrons. The van der Waals surface area contributed by atoms with Crippen molar-refractivity contribution < 1.29 is 22.7 Å². The van der Waals surface area contributed by atoms with Crippen LogP contribution in [0.25, 0.3) is 0 Å². The molecule has 2 aromatic carbocycles. The molecule has 1 atom stereocenters. The molecular formula is C19H22ClFN4O4S. The van der Waals surface area contributed by atoms with E-state index in [1.165, 1.54) is 34.6 Å². The number of nitrogens with zero attached hydrogens (tertiary/aromatic N) is 2. The average Bonchev–Trinajstić information content (AvgIpc) is 2.70. The van der Waals surface area contributed by atoms with Gasteiger partial charge in [0.1, 0.15) is 11.6 Å². The van der Waals surface area contributed by atoms with E-state index in [4.69, 9.17) is 23.1 Å². The van der Waals surface area contributed by atoms with Crippen molar-refractivity contribution in [2.24, 2.45) is 11.5 Å². The van der Waals surface area contributed by atoms with Crippen LogP contribution in [0.2, 0.25) is 5.02 Å². The first kappa shape index (κ1) is 22.3. The van der Waals surface area contributed by atoms with Crippen LogP contribution in [-0.4, -0.2) is 37.0 Å². The van der Waals surface area contributed by atoms with E-state index < -0.39 is 22.7 Å². The number of anilines is 2. The van der Waals surface area contributed by atoms with E-state index >= 15 is 0 Å². The first-order valence-corrected chi connectivity index (χ1v) is 10.7. The van der Waals surface area contributed by atoms with Crippen LogP contribution >= 0.6 is 11.6 Å². The summed E-state index contributed by atoms with van der Waals surface area (Å²) in [5.41, 5.74) is 11.7. The quantitative estimate of drug-likeness (QED) is 0.514. The van der Waals surface area contributed by atoms with E-state index in [1.54, 1.807) is 0 Å². The van der Waals surface area contributed by atoms with Gasteiger partial charge >= 0.3 is 6.03 Å². The highest BCUT2D eigenvalue weighted by molar-refractivity contribution is 7.69. The summed E-state index contributed by atoms with van der Waals surface area (Å²) in [6.45, 7) is 0.352. The van der Waals surface area contributed by atoms with Crippen molar-refractivity contribution >= 4 is 39.9 Å². The number of thiol groups is 1. The molecule has 3 rings (SSSR count). The highest BCUT2D eigenvalue weighted by atomic mass is 35.5. The summed E-state index contributed by atoms with van der Waals surface area (Å²) >= 11 is 6.33. The third kappa shape index (κ3) is 4.22. The Morgan fingerprint density at radius 2 is 2.03 bits per heavy atom. The second-order valence-corrected chi connectivity index (χ2v) is 8.38. The number of urea groups is 1. The molecule has 1 aliphatic rings. The van der Waals surface area contributed by atoms with Crippen LogP contribution < -0.4 is 16.4 Å². The molecule has 1 heterocycles. The minimum absolute atomic E-state index is 0.00540. The van der Waals surface area contributed by atoms with E-state index in [-0.39, 0.29) is 46.7 Å². The number of hydrogen-bond donors (Lipinski definition) is 4. The summed E-state index contributed by atoms with van der Waals surface area (Å²) in [6, 6.07) is 6.00. The topological polar surface area (TPSA) is 130 Å². The zero-order valence-corrected chi connectivity index (χ0v) is 17.6. The molecule has 8 nitrogen and oxygen atoms in total. The van der Waals surface area contributed by atoms with Gasteiger partial charge in [-0.1, -0.05) is 17.7 Å². The Morgan fingerprint density at radius 1 is 1.30 bits per heavy atom. The molecule has 0 spiro atoms. The van der Waals surface area contributed by atoms with E-state index in [9.17, 15) is 22.7 Å². The standard InChI is InChI=1S/C19H22ClFN4O4S/c20-13-6-7-16(18(26)17(13)11-3-2-8-24(10-11)30(28)29)25(19(23)27)15-5-1-4-14(21)12(15)9-22/h1,4-7,11,26,30H,2-3,8-10,22H2,(H2,23,27)/t11-/m1/s1. The van der Waals surface area contributed by atoms with Gasteiger partial charge in [0.15, 0.2) is 0 Å². The van der Waals surface area contributed by atoms with Gasteiger partial charge in [-0.25, -0.2) is 21.9 Å². The van der Waals surface area contributed by atoms with Crippen molar-refractivity contribution in [1.29, 1.82) is 0 Å². The van der Waals surface area contributed by atoms with Crippen molar-refractivity contribution in [2.45, 2.75) is 25.3 Å². The minimum Gasteiger partial charge on any atom is -0.505 e.